The summed E-state index contributed by atoms with van der Waals surface area (Å²) in [5.41, 5.74) is 3.44. The second-order valence-electron chi connectivity index (χ2n) is 7.19. The molecule has 1 aliphatic heterocycles. The minimum atomic E-state index is 0.193. The zero-order valence-corrected chi connectivity index (χ0v) is 16.3. The molecule has 134 valence electrons. The largest absolute Gasteiger partial charge is 0.332 e. The van der Waals surface area contributed by atoms with E-state index in [9.17, 15) is 4.79 Å². The van der Waals surface area contributed by atoms with Gasteiger partial charge in [0, 0.05) is 23.3 Å². The summed E-state index contributed by atoms with van der Waals surface area (Å²) in [6.45, 7) is 3.99. The van der Waals surface area contributed by atoms with E-state index in [0.29, 0.717) is 0 Å². The van der Waals surface area contributed by atoms with E-state index in [0.717, 1.165) is 44.3 Å². The quantitative estimate of drug-likeness (QED) is 0.746. The highest BCUT2D eigenvalue weighted by Crippen LogP contribution is 2.34. The summed E-state index contributed by atoms with van der Waals surface area (Å²) in [5.74, 6) is 0.193. The van der Waals surface area contributed by atoms with E-state index < -0.39 is 0 Å². The van der Waals surface area contributed by atoms with Crippen molar-refractivity contribution in [2.24, 2.45) is 0 Å². The first kappa shape index (κ1) is 18.2. The summed E-state index contributed by atoms with van der Waals surface area (Å²) >= 11 is 1.71. The van der Waals surface area contributed by atoms with Crippen LogP contribution in [0, 0.1) is 0 Å². The van der Waals surface area contributed by atoms with Crippen LogP contribution in [-0.4, -0.2) is 36.3 Å². The molecular weight excluding hydrogens is 328 g/mol. The normalized spacial score (nSPS) is 17.4. The molecule has 25 heavy (non-hydrogen) atoms. The lowest BCUT2D eigenvalue weighted by Crippen LogP contribution is -2.30. The third-order valence-electron chi connectivity index (χ3n) is 4.77. The monoisotopic (exact) mass is 356 g/mol. The average molecular weight is 357 g/mol. The Kier molecular flexibility index (Phi) is 5.92. The molecule has 1 amide bonds. The van der Waals surface area contributed by atoms with E-state index in [1.807, 2.05) is 5.38 Å². The first-order chi connectivity index (χ1) is 12.1. The molecule has 0 unspecified atom stereocenters. The molecule has 3 nitrogen and oxygen atoms in total. The molecule has 2 aromatic rings. The zero-order valence-electron chi connectivity index (χ0n) is 15.5. The molecule has 3 rings (SSSR count). The van der Waals surface area contributed by atoms with Crippen LogP contribution in [0.15, 0.2) is 35.7 Å². The molecule has 1 fully saturated rings. The Morgan fingerprint density at radius 3 is 2.72 bits per heavy atom. The smallest absolute Gasteiger partial charge is 0.255 e. The second kappa shape index (κ2) is 8.15. The maximum Gasteiger partial charge on any atom is 0.255 e. The summed E-state index contributed by atoms with van der Waals surface area (Å²) in [6, 6.07) is 11.1. The minimum absolute atomic E-state index is 0.193. The SMILES string of the molecule is CCCc1cc(C(=O)N2CCC[C@@H]2c2ccc(CN(C)C)cc2)cs1. The Balaban J connectivity index is 1.74. The number of nitrogens with zero attached hydrogens (tertiary/aromatic N) is 2. The van der Waals surface area contributed by atoms with Crippen molar-refractivity contribution in [3.8, 4) is 0 Å². The van der Waals surface area contributed by atoms with E-state index >= 15 is 0 Å². The van der Waals surface area contributed by atoms with Gasteiger partial charge in [-0.25, -0.2) is 0 Å². The average Bonchev–Trinajstić information content (AvgIpc) is 3.24. The number of likely N-dealkylation sites (tertiary alicyclic amines) is 1. The molecule has 0 saturated carbocycles. The molecule has 1 aromatic heterocycles. The van der Waals surface area contributed by atoms with Gasteiger partial charge in [-0.3, -0.25) is 4.79 Å². The van der Waals surface area contributed by atoms with Crippen molar-refractivity contribution in [3.05, 3.63) is 57.3 Å². The number of aryl methyl sites for hydroxylation is 1. The van der Waals surface area contributed by atoms with Crippen LogP contribution >= 0.6 is 11.3 Å². The number of hydrogen-bond acceptors (Lipinski definition) is 3. The van der Waals surface area contributed by atoms with Crippen LogP contribution in [0.2, 0.25) is 0 Å². The van der Waals surface area contributed by atoms with Crippen molar-refractivity contribution < 1.29 is 4.79 Å². The van der Waals surface area contributed by atoms with Gasteiger partial charge in [0.05, 0.1) is 11.6 Å². The molecule has 0 spiro atoms. The predicted molar refractivity (Wildman–Crippen MR) is 105 cm³/mol. The fourth-order valence-corrected chi connectivity index (χ4v) is 4.57. The number of benzene rings is 1. The van der Waals surface area contributed by atoms with E-state index in [1.165, 1.54) is 16.0 Å². The Labute approximate surface area is 155 Å². The van der Waals surface area contributed by atoms with Gasteiger partial charge < -0.3 is 9.80 Å². The first-order valence-electron chi connectivity index (χ1n) is 9.20. The van der Waals surface area contributed by atoms with Gasteiger partial charge in [0.1, 0.15) is 0 Å². The molecule has 2 heterocycles. The molecule has 1 aliphatic rings. The van der Waals surface area contributed by atoms with Crippen LogP contribution in [0.1, 0.15) is 58.6 Å². The van der Waals surface area contributed by atoms with Gasteiger partial charge >= 0.3 is 0 Å². The van der Waals surface area contributed by atoms with Crippen molar-refractivity contribution in [2.45, 2.75) is 45.2 Å². The lowest BCUT2D eigenvalue weighted by atomic mass is 10.0. The number of amides is 1. The molecule has 0 radical (unpaired) electrons. The van der Waals surface area contributed by atoms with E-state index in [-0.39, 0.29) is 11.9 Å². The molecule has 4 heteroatoms. The molecule has 0 N–H and O–H groups in total. The van der Waals surface area contributed by atoms with Crippen molar-refractivity contribution >= 4 is 17.2 Å². The lowest BCUT2D eigenvalue weighted by molar-refractivity contribution is 0.0736. The van der Waals surface area contributed by atoms with Crippen LogP contribution in [-0.2, 0) is 13.0 Å². The zero-order chi connectivity index (χ0) is 17.8. The number of carbonyl (C=O) groups is 1. The maximum absolute atomic E-state index is 13.0. The molecular formula is C21H28N2OS. The summed E-state index contributed by atoms with van der Waals surface area (Å²) in [5, 5.41) is 2.03. The van der Waals surface area contributed by atoms with Crippen LogP contribution in [0.4, 0.5) is 0 Å². The van der Waals surface area contributed by atoms with E-state index in [1.54, 1.807) is 11.3 Å². The first-order valence-corrected chi connectivity index (χ1v) is 10.1. The minimum Gasteiger partial charge on any atom is -0.332 e. The van der Waals surface area contributed by atoms with Crippen molar-refractivity contribution in [2.75, 3.05) is 20.6 Å². The number of rotatable bonds is 6. The molecule has 1 atom stereocenters. The highest BCUT2D eigenvalue weighted by atomic mass is 32.1. The van der Waals surface area contributed by atoms with Gasteiger partial charge in [0.25, 0.3) is 5.91 Å². The maximum atomic E-state index is 13.0. The third-order valence-corrected chi connectivity index (χ3v) is 5.77. The summed E-state index contributed by atoms with van der Waals surface area (Å²) in [4.78, 5) is 18.5. The predicted octanol–water partition coefficient (Wildman–Crippen LogP) is 4.74. The van der Waals surface area contributed by atoms with Crippen LogP contribution in [0.25, 0.3) is 0 Å². The molecule has 0 bridgehead atoms. The second-order valence-corrected chi connectivity index (χ2v) is 8.18. The van der Waals surface area contributed by atoms with Crippen LogP contribution < -0.4 is 0 Å². The highest BCUT2D eigenvalue weighted by Gasteiger charge is 2.30. The Morgan fingerprint density at radius 1 is 1.28 bits per heavy atom. The number of thiophene rings is 1. The fraction of sp³-hybridized carbons (Fsp3) is 0.476. The van der Waals surface area contributed by atoms with Crippen molar-refractivity contribution in [3.63, 3.8) is 0 Å². The number of carbonyl (C=O) groups excluding carboxylic acids is 1. The summed E-state index contributed by atoms with van der Waals surface area (Å²) in [7, 11) is 4.16. The standard InChI is InChI=1S/C21H28N2OS/c1-4-6-19-13-18(15-25-19)21(24)23-12-5-7-20(23)17-10-8-16(9-11-17)14-22(2)3/h8-11,13,15,20H,4-7,12,14H2,1-3H3/t20-/m1/s1. The molecule has 1 saturated heterocycles. The van der Waals surface area contributed by atoms with Gasteiger partial charge in [0.15, 0.2) is 0 Å². The molecule has 0 aliphatic carbocycles. The van der Waals surface area contributed by atoms with Gasteiger partial charge in [-0.05, 0) is 50.6 Å². The topological polar surface area (TPSA) is 23.6 Å². The summed E-state index contributed by atoms with van der Waals surface area (Å²) < 4.78 is 0. The van der Waals surface area contributed by atoms with E-state index in [2.05, 4.69) is 61.2 Å². The van der Waals surface area contributed by atoms with Gasteiger partial charge in [0.2, 0.25) is 0 Å². The van der Waals surface area contributed by atoms with E-state index in [4.69, 9.17) is 0 Å². The van der Waals surface area contributed by atoms with Gasteiger partial charge in [-0.15, -0.1) is 11.3 Å². The van der Waals surface area contributed by atoms with Gasteiger partial charge in [-0.1, -0.05) is 37.6 Å². The van der Waals surface area contributed by atoms with Gasteiger partial charge in [-0.2, -0.15) is 0 Å². The Bertz CT molecular complexity index is 705. The number of hydrogen-bond donors (Lipinski definition) is 0. The highest BCUT2D eigenvalue weighted by molar-refractivity contribution is 7.10. The Morgan fingerprint density at radius 2 is 2.04 bits per heavy atom. The lowest BCUT2D eigenvalue weighted by Gasteiger charge is -2.25. The third kappa shape index (κ3) is 4.31. The van der Waals surface area contributed by atoms with Crippen molar-refractivity contribution in [1.82, 2.24) is 9.80 Å². The fourth-order valence-electron chi connectivity index (χ4n) is 3.60. The van der Waals surface area contributed by atoms with Crippen LogP contribution in [0.5, 0.6) is 0 Å². The Hall–Kier alpha value is -1.65. The molecule has 1 aromatic carbocycles. The van der Waals surface area contributed by atoms with Crippen LogP contribution in [0.3, 0.4) is 0 Å². The summed E-state index contributed by atoms with van der Waals surface area (Å²) in [6.07, 6.45) is 4.33. The van der Waals surface area contributed by atoms with Crippen molar-refractivity contribution in [1.29, 1.82) is 0 Å².